The number of benzene rings is 2. The van der Waals surface area contributed by atoms with Crippen molar-refractivity contribution < 1.29 is 19.2 Å². The van der Waals surface area contributed by atoms with Crippen molar-refractivity contribution in [3.63, 3.8) is 0 Å². The van der Waals surface area contributed by atoms with E-state index < -0.39 is 22.9 Å². The van der Waals surface area contributed by atoms with Gasteiger partial charge in [-0.1, -0.05) is 29.8 Å². The van der Waals surface area contributed by atoms with Crippen LogP contribution in [-0.4, -0.2) is 29.4 Å². The summed E-state index contributed by atoms with van der Waals surface area (Å²) < 4.78 is 5.19. The van der Waals surface area contributed by atoms with Gasteiger partial charge in [0, 0.05) is 24.4 Å². The van der Waals surface area contributed by atoms with Crippen LogP contribution in [-0.2, 0) is 9.53 Å². The topological polar surface area (TPSA) is 114 Å². The van der Waals surface area contributed by atoms with Crippen molar-refractivity contribution in [1.29, 1.82) is 5.26 Å². The molecule has 0 aromatic heterocycles. The first-order valence-corrected chi connectivity index (χ1v) is 8.61. The highest BCUT2D eigenvalue weighted by atomic mass is 35.5. The summed E-state index contributed by atoms with van der Waals surface area (Å²) in [5.41, 5.74) is 0.214. The second-order valence-electron chi connectivity index (χ2n) is 5.70. The molecule has 9 heteroatoms. The van der Waals surface area contributed by atoms with E-state index in [0.717, 1.165) is 12.1 Å². The largest absolute Gasteiger partial charge is 0.449 e. The van der Waals surface area contributed by atoms with Gasteiger partial charge in [-0.15, -0.1) is 0 Å². The molecule has 0 aliphatic carbocycles. The van der Waals surface area contributed by atoms with Gasteiger partial charge in [0.1, 0.15) is 0 Å². The van der Waals surface area contributed by atoms with Crippen LogP contribution in [0.5, 0.6) is 0 Å². The van der Waals surface area contributed by atoms with Crippen LogP contribution in [0.15, 0.2) is 48.5 Å². The summed E-state index contributed by atoms with van der Waals surface area (Å²) in [7, 11) is 0. The van der Waals surface area contributed by atoms with Gasteiger partial charge in [-0.2, -0.15) is 5.26 Å². The highest BCUT2D eigenvalue weighted by molar-refractivity contribution is 6.33. The van der Waals surface area contributed by atoms with E-state index in [-0.39, 0.29) is 29.2 Å². The van der Waals surface area contributed by atoms with E-state index in [1.165, 1.54) is 17.9 Å². The van der Waals surface area contributed by atoms with Gasteiger partial charge in [-0.25, -0.2) is 4.79 Å². The Morgan fingerprint density at radius 3 is 2.54 bits per heavy atom. The maximum Gasteiger partial charge on any atom is 0.340 e. The number of nitriles is 1. The summed E-state index contributed by atoms with van der Waals surface area (Å²) >= 11 is 5.92. The molecule has 28 heavy (non-hydrogen) atoms. The van der Waals surface area contributed by atoms with Gasteiger partial charge in [-0.05, 0) is 25.1 Å². The van der Waals surface area contributed by atoms with E-state index in [0.29, 0.717) is 5.69 Å². The quantitative estimate of drug-likeness (QED) is 0.396. The van der Waals surface area contributed by atoms with Crippen molar-refractivity contribution in [3.8, 4) is 6.07 Å². The third-order valence-electron chi connectivity index (χ3n) is 3.80. The molecule has 0 aliphatic heterocycles. The van der Waals surface area contributed by atoms with Crippen molar-refractivity contribution in [2.45, 2.75) is 19.4 Å². The summed E-state index contributed by atoms with van der Waals surface area (Å²) in [5, 5.41) is 19.4. The molecule has 0 radical (unpaired) electrons. The second kappa shape index (κ2) is 9.48. The lowest BCUT2D eigenvalue weighted by molar-refractivity contribution is -0.384. The predicted octanol–water partition coefficient (Wildman–Crippen LogP) is 3.74. The zero-order valence-electron chi connectivity index (χ0n) is 14.9. The zero-order valence-corrected chi connectivity index (χ0v) is 15.6. The molecule has 0 N–H and O–H groups in total. The van der Waals surface area contributed by atoms with E-state index in [2.05, 4.69) is 0 Å². The molecule has 0 saturated heterocycles. The third-order valence-corrected chi connectivity index (χ3v) is 4.11. The van der Waals surface area contributed by atoms with Gasteiger partial charge in [0.25, 0.3) is 11.6 Å². The van der Waals surface area contributed by atoms with Crippen LogP contribution in [0.1, 0.15) is 23.7 Å². The predicted molar refractivity (Wildman–Crippen MR) is 102 cm³/mol. The summed E-state index contributed by atoms with van der Waals surface area (Å²) in [6.45, 7) is 1.54. The number of hydrogen-bond acceptors (Lipinski definition) is 6. The Morgan fingerprint density at radius 1 is 1.29 bits per heavy atom. The van der Waals surface area contributed by atoms with Crippen LogP contribution < -0.4 is 4.90 Å². The summed E-state index contributed by atoms with van der Waals surface area (Å²) in [6.07, 6.45) is -1.05. The van der Waals surface area contributed by atoms with Crippen LogP contribution in [0.2, 0.25) is 5.02 Å². The van der Waals surface area contributed by atoms with Crippen molar-refractivity contribution in [2.75, 3.05) is 11.4 Å². The number of amides is 1. The maximum absolute atomic E-state index is 12.8. The molecule has 0 bridgehead atoms. The lowest BCUT2D eigenvalue weighted by Crippen LogP contribution is -2.40. The average Bonchev–Trinajstić information content (AvgIpc) is 2.68. The van der Waals surface area contributed by atoms with Crippen LogP contribution in [0, 0.1) is 21.4 Å². The van der Waals surface area contributed by atoms with E-state index >= 15 is 0 Å². The zero-order chi connectivity index (χ0) is 20.7. The first-order chi connectivity index (χ1) is 13.3. The van der Waals surface area contributed by atoms with Crippen molar-refractivity contribution in [2.24, 2.45) is 0 Å². The molecule has 1 amide bonds. The number of halogens is 1. The molecule has 0 fully saturated rings. The Hall–Kier alpha value is -3.44. The first kappa shape index (κ1) is 20.9. The molecule has 0 unspecified atom stereocenters. The van der Waals surface area contributed by atoms with Crippen molar-refractivity contribution >= 4 is 34.9 Å². The fourth-order valence-electron chi connectivity index (χ4n) is 2.41. The third kappa shape index (κ3) is 5.05. The molecule has 2 aromatic rings. The fraction of sp³-hybridized carbons (Fsp3) is 0.211. The number of hydrogen-bond donors (Lipinski definition) is 0. The van der Waals surface area contributed by atoms with Crippen molar-refractivity contribution in [3.05, 3.63) is 69.2 Å². The Bertz CT molecular complexity index is 927. The number of carbonyl (C=O) groups is 2. The minimum absolute atomic E-state index is 0.0878. The van der Waals surface area contributed by atoms with Crippen LogP contribution in [0.25, 0.3) is 0 Å². The number of rotatable bonds is 7. The van der Waals surface area contributed by atoms with Gasteiger partial charge >= 0.3 is 5.97 Å². The second-order valence-corrected chi connectivity index (χ2v) is 6.11. The number of nitro benzene ring substituents is 1. The lowest BCUT2D eigenvalue weighted by atomic mass is 10.2. The number of nitro groups is 1. The highest BCUT2D eigenvalue weighted by Crippen LogP contribution is 2.24. The Morgan fingerprint density at radius 2 is 1.96 bits per heavy atom. The van der Waals surface area contributed by atoms with Gasteiger partial charge in [0.05, 0.1) is 28.0 Å². The molecular formula is C19H16ClN3O5. The molecule has 2 rings (SSSR count). The van der Waals surface area contributed by atoms with Gasteiger partial charge < -0.3 is 9.64 Å². The molecule has 0 spiro atoms. The van der Waals surface area contributed by atoms with Crippen LogP contribution in [0.4, 0.5) is 11.4 Å². The van der Waals surface area contributed by atoms with Gasteiger partial charge in [0.15, 0.2) is 6.10 Å². The number of non-ortho nitro benzene ring substituents is 1. The molecule has 144 valence electrons. The molecule has 2 aromatic carbocycles. The molecule has 1 atom stereocenters. The Balaban J connectivity index is 2.16. The summed E-state index contributed by atoms with van der Waals surface area (Å²) in [5.74, 6) is -1.39. The highest BCUT2D eigenvalue weighted by Gasteiger charge is 2.26. The molecule has 0 aliphatic rings. The standard InChI is InChI=1S/C19H16ClN3O5/c1-13(18(24)22(11-5-10-21)14-6-3-2-4-7-14)28-19(25)16-9-8-15(23(26)27)12-17(16)20/h2-4,6-9,12-13H,5,11H2,1H3/t13-/m1/s1. The Kier molecular flexibility index (Phi) is 7.07. The minimum atomic E-state index is -1.15. The number of para-hydroxylation sites is 1. The molecular weight excluding hydrogens is 386 g/mol. The molecule has 0 heterocycles. The minimum Gasteiger partial charge on any atom is -0.449 e. The SMILES string of the molecule is C[C@@H](OC(=O)c1ccc([N+](=O)[O-])cc1Cl)C(=O)N(CCC#N)c1ccccc1. The Labute approximate surface area is 166 Å². The summed E-state index contributed by atoms with van der Waals surface area (Å²) in [6, 6.07) is 14.0. The number of esters is 1. The number of carbonyl (C=O) groups excluding carboxylic acids is 2. The lowest BCUT2D eigenvalue weighted by Gasteiger charge is -2.25. The van der Waals surface area contributed by atoms with Gasteiger partial charge in [0.2, 0.25) is 0 Å². The molecule has 0 saturated carbocycles. The maximum atomic E-state index is 12.8. The van der Waals surface area contributed by atoms with Crippen molar-refractivity contribution in [1.82, 2.24) is 0 Å². The first-order valence-electron chi connectivity index (χ1n) is 8.23. The van der Waals surface area contributed by atoms with Crippen LogP contribution in [0.3, 0.4) is 0 Å². The average molecular weight is 402 g/mol. The monoisotopic (exact) mass is 401 g/mol. The number of anilines is 1. The number of ether oxygens (including phenoxy) is 1. The smallest absolute Gasteiger partial charge is 0.340 e. The fourth-order valence-corrected chi connectivity index (χ4v) is 2.67. The van der Waals surface area contributed by atoms with Crippen LogP contribution >= 0.6 is 11.6 Å². The molecule has 8 nitrogen and oxygen atoms in total. The van der Waals surface area contributed by atoms with E-state index in [1.54, 1.807) is 30.3 Å². The van der Waals surface area contributed by atoms with E-state index in [1.807, 2.05) is 6.07 Å². The van der Waals surface area contributed by atoms with Gasteiger partial charge in [-0.3, -0.25) is 14.9 Å². The summed E-state index contributed by atoms with van der Waals surface area (Å²) in [4.78, 5) is 36.6. The number of nitrogens with zero attached hydrogens (tertiary/aromatic N) is 3. The normalized spacial score (nSPS) is 11.2. The van der Waals surface area contributed by atoms with E-state index in [4.69, 9.17) is 21.6 Å². The van der Waals surface area contributed by atoms with E-state index in [9.17, 15) is 19.7 Å².